The van der Waals surface area contributed by atoms with Crippen molar-refractivity contribution in [1.29, 1.82) is 0 Å². The van der Waals surface area contributed by atoms with Crippen molar-refractivity contribution in [3.8, 4) is 11.3 Å². The van der Waals surface area contributed by atoms with Gasteiger partial charge in [-0.25, -0.2) is 13.2 Å². The van der Waals surface area contributed by atoms with Gasteiger partial charge in [0.1, 0.15) is 17.5 Å². The topological polar surface area (TPSA) is 85.3 Å². The molecule has 1 aliphatic rings. The number of aromatic amines is 1. The maximum atomic E-state index is 14.4. The van der Waals surface area contributed by atoms with Crippen LogP contribution in [0.5, 0.6) is 0 Å². The van der Waals surface area contributed by atoms with Crippen LogP contribution in [-0.2, 0) is 4.79 Å². The summed E-state index contributed by atoms with van der Waals surface area (Å²) in [4.78, 5) is 15.3. The van der Waals surface area contributed by atoms with Gasteiger partial charge in [-0.2, -0.15) is 0 Å². The molecule has 1 aromatic heterocycles. The molecule has 5 nitrogen and oxygen atoms in total. The number of fused-ring (bicyclic) bond motifs is 1. The van der Waals surface area contributed by atoms with Crippen LogP contribution in [0.25, 0.3) is 22.2 Å². The van der Waals surface area contributed by atoms with Crippen molar-refractivity contribution in [2.45, 2.75) is 24.9 Å². The van der Waals surface area contributed by atoms with Crippen molar-refractivity contribution >= 4 is 16.8 Å². The number of rotatable bonds is 6. The van der Waals surface area contributed by atoms with E-state index in [1.807, 2.05) is 0 Å². The van der Waals surface area contributed by atoms with Gasteiger partial charge < -0.3 is 20.5 Å². The quantitative estimate of drug-likeness (QED) is 0.496. The van der Waals surface area contributed by atoms with Crippen LogP contribution in [0.1, 0.15) is 24.3 Å². The van der Waals surface area contributed by atoms with E-state index in [0.29, 0.717) is 35.0 Å². The highest BCUT2D eigenvalue weighted by molar-refractivity contribution is 5.92. The third-order valence-electron chi connectivity index (χ3n) is 5.64. The summed E-state index contributed by atoms with van der Waals surface area (Å²) >= 11 is 0. The van der Waals surface area contributed by atoms with Crippen LogP contribution in [0.15, 0.2) is 36.4 Å². The second kappa shape index (κ2) is 8.12. The standard InChI is InChI=1S/C22H21F3N2O3/c23-14-3-1-11(2-4-14)20-19(17-7-15(24)8-18(25)21(17)27-20)12-5-13(6-12)22(30)26-9-16(29)10-28/h1-4,7-8,12-13,16,27-29H,5-6,9-10H2,(H,26,30)/t12?,13?,16-/m1/s1. The third kappa shape index (κ3) is 3.80. The Kier molecular flexibility index (Phi) is 5.53. The van der Waals surface area contributed by atoms with Crippen molar-refractivity contribution < 1.29 is 28.2 Å². The Hall–Kier alpha value is -2.84. The van der Waals surface area contributed by atoms with Crippen molar-refractivity contribution in [3.05, 3.63) is 59.4 Å². The molecule has 0 unspecified atom stereocenters. The molecule has 4 N–H and O–H groups in total. The number of hydrogen-bond donors (Lipinski definition) is 4. The van der Waals surface area contributed by atoms with E-state index < -0.39 is 30.2 Å². The zero-order valence-electron chi connectivity index (χ0n) is 16.0. The summed E-state index contributed by atoms with van der Waals surface area (Å²) in [5, 5.41) is 21.2. The number of benzene rings is 2. The van der Waals surface area contributed by atoms with Crippen LogP contribution < -0.4 is 5.32 Å². The number of carbonyl (C=O) groups excluding carboxylic acids is 1. The first kappa shape index (κ1) is 20.4. The second-order valence-electron chi connectivity index (χ2n) is 7.68. The zero-order chi connectivity index (χ0) is 21.4. The number of amides is 1. The first-order valence-corrected chi connectivity index (χ1v) is 9.70. The van der Waals surface area contributed by atoms with E-state index in [1.165, 1.54) is 18.2 Å². The Balaban J connectivity index is 1.64. The minimum atomic E-state index is -1.02. The van der Waals surface area contributed by atoms with Crippen molar-refractivity contribution in [2.24, 2.45) is 5.92 Å². The molecule has 0 bridgehead atoms. The van der Waals surface area contributed by atoms with Gasteiger partial charge in [-0.3, -0.25) is 4.79 Å². The van der Waals surface area contributed by atoms with Crippen LogP contribution in [0, 0.1) is 23.4 Å². The van der Waals surface area contributed by atoms with Gasteiger partial charge in [0.15, 0.2) is 0 Å². The molecule has 30 heavy (non-hydrogen) atoms. The highest BCUT2D eigenvalue weighted by Gasteiger charge is 2.38. The van der Waals surface area contributed by atoms with E-state index in [2.05, 4.69) is 10.3 Å². The van der Waals surface area contributed by atoms with E-state index >= 15 is 0 Å². The fourth-order valence-electron chi connectivity index (χ4n) is 4.00. The molecule has 0 saturated heterocycles. The lowest BCUT2D eigenvalue weighted by Gasteiger charge is -2.35. The van der Waals surface area contributed by atoms with E-state index in [-0.39, 0.29) is 29.8 Å². The number of aliphatic hydroxyl groups is 2. The number of carbonyl (C=O) groups is 1. The van der Waals surface area contributed by atoms with Crippen LogP contribution in [0.4, 0.5) is 13.2 Å². The molecular formula is C22H21F3N2O3. The smallest absolute Gasteiger partial charge is 0.223 e. The summed E-state index contributed by atoms with van der Waals surface area (Å²) in [6.07, 6.45) is -0.0739. The molecule has 1 aliphatic carbocycles. The fourth-order valence-corrected chi connectivity index (χ4v) is 4.00. The van der Waals surface area contributed by atoms with Gasteiger partial charge in [-0.05, 0) is 60.2 Å². The number of aromatic nitrogens is 1. The predicted molar refractivity (Wildman–Crippen MR) is 105 cm³/mol. The Morgan fingerprint density at radius 2 is 1.83 bits per heavy atom. The number of hydrogen-bond acceptors (Lipinski definition) is 3. The molecule has 0 aliphatic heterocycles. The van der Waals surface area contributed by atoms with Crippen molar-refractivity contribution in [3.63, 3.8) is 0 Å². The summed E-state index contributed by atoms with van der Waals surface area (Å²) in [7, 11) is 0. The summed E-state index contributed by atoms with van der Waals surface area (Å²) in [5.41, 5.74) is 2.09. The lowest BCUT2D eigenvalue weighted by atomic mass is 9.70. The third-order valence-corrected chi connectivity index (χ3v) is 5.64. The first-order valence-electron chi connectivity index (χ1n) is 9.70. The summed E-state index contributed by atoms with van der Waals surface area (Å²) < 4.78 is 41.7. The molecular weight excluding hydrogens is 397 g/mol. The SMILES string of the molecule is O=C(NC[C@@H](O)CO)C1CC(c2c(-c3ccc(F)cc3)[nH]c3c(F)cc(F)cc23)C1. The van der Waals surface area contributed by atoms with Gasteiger partial charge in [-0.15, -0.1) is 0 Å². The average Bonchev–Trinajstić information content (AvgIpc) is 3.05. The number of nitrogens with one attached hydrogen (secondary N) is 2. The molecule has 1 amide bonds. The summed E-state index contributed by atoms with van der Waals surface area (Å²) in [5.74, 6) is -2.47. The molecule has 4 rings (SSSR count). The highest BCUT2D eigenvalue weighted by Crippen LogP contribution is 2.48. The van der Waals surface area contributed by atoms with Gasteiger partial charge >= 0.3 is 0 Å². The van der Waals surface area contributed by atoms with E-state index in [0.717, 1.165) is 6.07 Å². The Bertz CT molecular complexity index is 1080. The van der Waals surface area contributed by atoms with Gasteiger partial charge in [0.2, 0.25) is 5.91 Å². The second-order valence-corrected chi connectivity index (χ2v) is 7.68. The number of aliphatic hydroxyl groups excluding tert-OH is 2. The zero-order valence-corrected chi connectivity index (χ0v) is 16.0. The van der Waals surface area contributed by atoms with Gasteiger partial charge in [0.05, 0.1) is 23.9 Å². The summed E-state index contributed by atoms with van der Waals surface area (Å²) in [6.45, 7) is -0.484. The van der Waals surface area contributed by atoms with E-state index in [9.17, 15) is 23.1 Å². The normalized spacial score (nSPS) is 19.5. The largest absolute Gasteiger partial charge is 0.394 e. The Morgan fingerprint density at radius 1 is 1.13 bits per heavy atom. The predicted octanol–water partition coefficient (Wildman–Crippen LogP) is 3.22. The molecule has 0 spiro atoms. The fraction of sp³-hybridized carbons (Fsp3) is 0.318. The van der Waals surface area contributed by atoms with Crippen LogP contribution in [0.3, 0.4) is 0 Å². The lowest BCUT2D eigenvalue weighted by Crippen LogP contribution is -2.41. The monoisotopic (exact) mass is 418 g/mol. The van der Waals surface area contributed by atoms with Crippen molar-refractivity contribution in [1.82, 2.24) is 10.3 Å². The molecule has 8 heteroatoms. The van der Waals surface area contributed by atoms with Crippen LogP contribution >= 0.6 is 0 Å². The van der Waals surface area contributed by atoms with E-state index in [1.54, 1.807) is 12.1 Å². The van der Waals surface area contributed by atoms with Crippen LogP contribution in [0.2, 0.25) is 0 Å². The Morgan fingerprint density at radius 3 is 2.50 bits per heavy atom. The maximum absolute atomic E-state index is 14.4. The Labute approximate surface area is 170 Å². The molecule has 1 atom stereocenters. The molecule has 1 fully saturated rings. The maximum Gasteiger partial charge on any atom is 0.223 e. The molecule has 1 saturated carbocycles. The average molecular weight is 418 g/mol. The molecule has 1 heterocycles. The van der Waals surface area contributed by atoms with Gasteiger partial charge in [0.25, 0.3) is 0 Å². The molecule has 3 aromatic rings. The summed E-state index contributed by atoms with van der Waals surface area (Å²) in [6, 6.07) is 7.80. The minimum absolute atomic E-state index is 0.0408. The van der Waals surface area contributed by atoms with Crippen molar-refractivity contribution in [2.75, 3.05) is 13.2 Å². The van der Waals surface area contributed by atoms with E-state index in [4.69, 9.17) is 5.11 Å². The number of halogens is 3. The molecule has 0 radical (unpaired) electrons. The molecule has 158 valence electrons. The van der Waals surface area contributed by atoms with Gasteiger partial charge in [-0.1, -0.05) is 0 Å². The minimum Gasteiger partial charge on any atom is -0.394 e. The van der Waals surface area contributed by atoms with Gasteiger partial charge in [0, 0.05) is 23.9 Å². The first-order chi connectivity index (χ1) is 14.4. The number of H-pyrrole nitrogens is 1. The van der Waals surface area contributed by atoms with Crippen LogP contribution in [-0.4, -0.2) is 40.4 Å². The molecule has 2 aromatic carbocycles. The highest BCUT2D eigenvalue weighted by atomic mass is 19.1. The lowest BCUT2D eigenvalue weighted by molar-refractivity contribution is -0.128.